The van der Waals surface area contributed by atoms with E-state index in [0.29, 0.717) is 5.56 Å². The number of allylic oxidation sites excluding steroid dienone is 1. The first-order valence-corrected chi connectivity index (χ1v) is 7.20. The van der Waals surface area contributed by atoms with E-state index >= 15 is 0 Å². The molecule has 2 aromatic rings. The largest absolute Gasteiger partial charge is 0.218 e. The lowest BCUT2D eigenvalue weighted by atomic mass is 10.2. The molecule has 0 unspecified atom stereocenters. The minimum atomic E-state index is -3.88. The second kappa shape index (κ2) is 5.68. The van der Waals surface area contributed by atoms with Crippen LogP contribution in [0.15, 0.2) is 64.4 Å². The Hall–Kier alpha value is -2.45. The highest BCUT2D eigenvalue weighted by Crippen LogP contribution is 2.21. The predicted molar refractivity (Wildman–Crippen MR) is 73.6 cm³/mol. The molecule has 0 heterocycles. The molecule has 0 atom stereocenters. The highest BCUT2D eigenvalue weighted by atomic mass is 32.2. The van der Waals surface area contributed by atoms with Crippen molar-refractivity contribution in [1.82, 2.24) is 0 Å². The molecule has 0 saturated carbocycles. The summed E-state index contributed by atoms with van der Waals surface area (Å²) in [6.45, 7) is 0. The molecule has 20 heavy (non-hydrogen) atoms. The molecule has 100 valence electrons. The molecule has 2 aromatic carbocycles. The Kier molecular flexibility index (Phi) is 3.97. The van der Waals surface area contributed by atoms with E-state index in [1.165, 1.54) is 30.3 Å². The third-order valence-electron chi connectivity index (χ3n) is 2.60. The zero-order chi connectivity index (χ0) is 14.6. The molecule has 0 aliphatic rings. The van der Waals surface area contributed by atoms with Crippen LogP contribution >= 0.6 is 0 Å². The zero-order valence-electron chi connectivity index (χ0n) is 10.3. The predicted octanol–water partition coefficient (Wildman–Crippen LogP) is 3.16. The number of nitrogens with zero attached hydrogens (tertiary/aromatic N) is 1. The van der Waals surface area contributed by atoms with E-state index in [4.69, 9.17) is 5.26 Å². The smallest absolute Gasteiger partial charge is 0.216 e. The van der Waals surface area contributed by atoms with E-state index in [9.17, 15) is 12.8 Å². The van der Waals surface area contributed by atoms with Gasteiger partial charge >= 0.3 is 0 Å². The van der Waals surface area contributed by atoms with Crippen molar-refractivity contribution in [2.24, 2.45) is 0 Å². The molecular formula is C15H10FNO2S. The fourth-order valence-electron chi connectivity index (χ4n) is 1.64. The van der Waals surface area contributed by atoms with E-state index in [-0.39, 0.29) is 4.90 Å². The lowest BCUT2D eigenvalue weighted by molar-refractivity contribution is 0.603. The molecule has 0 radical (unpaired) electrons. The molecule has 0 aliphatic carbocycles. The van der Waals surface area contributed by atoms with Gasteiger partial charge in [0.15, 0.2) is 0 Å². The third-order valence-corrected chi connectivity index (χ3v) is 4.28. The molecule has 5 heteroatoms. The van der Waals surface area contributed by atoms with Gasteiger partial charge in [-0.25, -0.2) is 12.8 Å². The number of sulfone groups is 1. The average molecular weight is 287 g/mol. The first kappa shape index (κ1) is 14.0. The Bertz CT molecular complexity index is 790. The number of nitriles is 1. The summed E-state index contributed by atoms with van der Waals surface area (Å²) in [5.74, 6) is -0.492. The molecule has 2 rings (SSSR count). The minimum absolute atomic E-state index is 0.0317. The van der Waals surface area contributed by atoms with Crippen LogP contribution in [0.1, 0.15) is 5.56 Å². The summed E-state index contributed by atoms with van der Waals surface area (Å²) >= 11 is 0. The van der Waals surface area contributed by atoms with Crippen LogP contribution in [0, 0.1) is 17.1 Å². The Morgan fingerprint density at radius 1 is 1.10 bits per heavy atom. The average Bonchev–Trinajstić information content (AvgIpc) is 2.45. The fourth-order valence-corrected chi connectivity index (χ4v) is 2.83. The van der Waals surface area contributed by atoms with Gasteiger partial charge in [0.25, 0.3) is 0 Å². The summed E-state index contributed by atoms with van der Waals surface area (Å²) in [7, 11) is -3.88. The number of rotatable bonds is 3. The normalized spacial score (nSPS) is 11.9. The van der Waals surface area contributed by atoms with Crippen molar-refractivity contribution in [3.63, 3.8) is 0 Å². The Morgan fingerprint density at radius 2 is 1.80 bits per heavy atom. The molecule has 0 aromatic heterocycles. The van der Waals surface area contributed by atoms with Crippen molar-refractivity contribution < 1.29 is 12.8 Å². The molecule has 0 spiro atoms. The van der Waals surface area contributed by atoms with Crippen LogP contribution in [0.25, 0.3) is 6.08 Å². The lowest BCUT2D eigenvalue weighted by Crippen LogP contribution is -2.03. The zero-order valence-corrected chi connectivity index (χ0v) is 11.1. The maximum absolute atomic E-state index is 13.1. The van der Waals surface area contributed by atoms with Crippen molar-refractivity contribution in [3.8, 4) is 6.07 Å². The maximum Gasteiger partial charge on any atom is 0.216 e. The lowest BCUT2D eigenvalue weighted by Gasteiger charge is -2.02. The monoisotopic (exact) mass is 287 g/mol. The first-order valence-electron chi connectivity index (χ1n) is 5.71. The Morgan fingerprint density at radius 3 is 2.40 bits per heavy atom. The van der Waals surface area contributed by atoms with Gasteiger partial charge in [-0.3, -0.25) is 0 Å². The molecule has 0 N–H and O–H groups in total. The molecule has 0 amide bonds. The minimum Gasteiger partial charge on any atom is -0.218 e. The second-order valence-corrected chi connectivity index (χ2v) is 5.91. The van der Waals surface area contributed by atoms with Crippen LogP contribution in [0.3, 0.4) is 0 Å². The summed E-state index contributed by atoms with van der Waals surface area (Å²) in [5, 5.41) is 9.06. The fraction of sp³-hybridized carbons (Fsp3) is 0. The van der Waals surface area contributed by atoms with Crippen molar-refractivity contribution >= 4 is 15.9 Å². The highest BCUT2D eigenvalue weighted by Gasteiger charge is 2.20. The van der Waals surface area contributed by atoms with E-state index < -0.39 is 20.6 Å². The number of benzene rings is 2. The summed E-state index contributed by atoms with van der Waals surface area (Å²) in [4.78, 5) is -0.390. The van der Waals surface area contributed by atoms with Gasteiger partial charge in [0.2, 0.25) is 9.84 Å². The van der Waals surface area contributed by atoms with E-state index in [1.807, 2.05) is 0 Å². The molecular weight excluding hydrogens is 277 g/mol. The summed E-state index contributed by atoms with van der Waals surface area (Å²) < 4.78 is 37.6. The Labute approximate surface area is 116 Å². The molecule has 3 nitrogen and oxygen atoms in total. The molecule has 0 fully saturated rings. The SMILES string of the molecule is N#C/C(=C\c1cccc(F)c1)S(=O)(=O)c1ccccc1. The topological polar surface area (TPSA) is 57.9 Å². The maximum atomic E-state index is 13.1. The quantitative estimate of drug-likeness (QED) is 0.815. The number of hydrogen-bond donors (Lipinski definition) is 0. The van der Waals surface area contributed by atoms with Crippen LogP contribution in [0.2, 0.25) is 0 Å². The number of halogens is 1. The van der Waals surface area contributed by atoms with Crippen LogP contribution < -0.4 is 0 Å². The van der Waals surface area contributed by atoms with Crippen molar-refractivity contribution in [3.05, 3.63) is 70.9 Å². The van der Waals surface area contributed by atoms with Crippen LogP contribution in [0.4, 0.5) is 4.39 Å². The van der Waals surface area contributed by atoms with Gasteiger partial charge in [-0.2, -0.15) is 5.26 Å². The van der Waals surface area contributed by atoms with Crippen LogP contribution in [-0.2, 0) is 9.84 Å². The summed E-state index contributed by atoms with van der Waals surface area (Å²) in [5.41, 5.74) is 0.320. The molecule has 0 aliphatic heterocycles. The summed E-state index contributed by atoms with van der Waals surface area (Å²) in [6, 6.07) is 14.7. The molecule has 0 saturated heterocycles. The summed E-state index contributed by atoms with van der Waals surface area (Å²) in [6.07, 6.45) is 1.16. The van der Waals surface area contributed by atoms with Gasteiger partial charge in [-0.1, -0.05) is 30.3 Å². The van der Waals surface area contributed by atoms with Gasteiger partial charge in [0.05, 0.1) is 4.90 Å². The van der Waals surface area contributed by atoms with Gasteiger partial charge in [0, 0.05) is 0 Å². The van der Waals surface area contributed by atoms with Gasteiger partial charge in [0.1, 0.15) is 16.8 Å². The van der Waals surface area contributed by atoms with E-state index in [0.717, 1.165) is 12.1 Å². The molecule has 0 bridgehead atoms. The van der Waals surface area contributed by atoms with E-state index in [1.54, 1.807) is 24.3 Å². The second-order valence-electron chi connectivity index (χ2n) is 3.99. The highest BCUT2D eigenvalue weighted by molar-refractivity contribution is 7.95. The standard InChI is InChI=1S/C15H10FNO2S/c16-13-6-4-5-12(9-13)10-15(11-17)20(18,19)14-7-2-1-3-8-14/h1-10H/b15-10+. The van der Waals surface area contributed by atoms with Crippen molar-refractivity contribution in [2.75, 3.05) is 0 Å². The van der Waals surface area contributed by atoms with Crippen molar-refractivity contribution in [2.45, 2.75) is 4.90 Å². The van der Waals surface area contributed by atoms with Gasteiger partial charge < -0.3 is 0 Å². The van der Waals surface area contributed by atoms with E-state index in [2.05, 4.69) is 0 Å². The van der Waals surface area contributed by atoms with Gasteiger partial charge in [-0.05, 0) is 35.9 Å². The van der Waals surface area contributed by atoms with Crippen LogP contribution in [-0.4, -0.2) is 8.42 Å². The number of hydrogen-bond acceptors (Lipinski definition) is 3. The first-order chi connectivity index (χ1) is 9.54. The Balaban J connectivity index is 2.51. The van der Waals surface area contributed by atoms with Crippen molar-refractivity contribution in [1.29, 1.82) is 5.26 Å². The van der Waals surface area contributed by atoms with Crippen LogP contribution in [0.5, 0.6) is 0 Å². The third kappa shape index (κ3) is 2.92. The van der Waals surface area contributed by atoms with Gasteiger partial charge in [-0.15, -0.1) is 0 Å².